The Hall–Kier alpha value is -0.0800. The zero-order valence-corrected chi connectivity index (χ0v) is 12.4. The molecule has 0 bridgehead atoms. The van der Waals surface area contributed by atoms with Crippen molar-refractivity contribution in [1.82, 2.24) is 4.90 Å². The Bertz CT molecular complexity index is 229. The number of nitrogens with zero attached hydrogens (tertiary/aromatic N) is 1. The van der Waals surface area contributed by atoms with Gasteiger partial charge in [0, 0.05) is 5.54 Å². The Morgan fingerprint density at radius 1 is 1.41 bits per heavy atom. The van der Waals surface area contributed by atoms with E-state index in [4.69, 9.17) is 0 Å². The van der Waals surface area contributed by atoms with Crippen LogP contribution in [0.15, 0.2) is 0 Å². The van der Waals surface area contributed by atoms with Gasteiger partial charge in [0.1, 0.15) is 0 Å². The van der Waals surface area contributed by atoms with Crippen LogP contribution < -0.4 is 0 Å². The predicted molar refractivity (Wildman–Crippen MR) is 74.1 cm³/mol. The van der Waals surface area contributed by atoms with Crippen molar-refractivity contribution in [2.24, 2.45) is 11.8 Å². The summed E-state index contributed by atoms with van der Waals surface area (Å²) in [5, 5.41) is 10.7. The van der Waals surface area contributed by atoms with Gasteiger partial charge < -0.3 is 10.0 Å². The molecule has 0 amide bonds. The van der Waals surface area contributed by atoms with E-state index in [0.717, 1.165) is 31.6 Å². The molecule has 0 aliphatic heterocycles. The number of likely N-dealkylation sites (N-methyl/N-ethyl adjacent to an activating group) is 1. The molecule has 1 aliphatic rings. The minimum Gasteiger partial charge on any atom is -0.391 e. The lowest BCUT2D eigenvalue weighted by molar-refractivity contribution is -0.0527. The lowest BCUT2D eigenvalue weighted by Crippen LogP contribution is -2.56. The van der Waals surface area contributed by atoms with Crippen LogP contribution >= 0.6 is 0 Å². The highest BCUT2D eigenvalue weighted by Crippen LogP contribution is 2.40. The first kappa shape index (κ1) is 15.0. The third-order valence-electron chi connectivity index (χ3n) is 4.84. The van der Waals surface area contributed by atoms with Gasteiger partial charge in [0.05, 0.1) is 6.10 Å². The van der Waals surface area contributed by atoms with E-state index in [-0.39, 0.29) is 11.6 Å². The Labute approximate surface area is 107 Å². The summed E-state index contributed by atoms with van der Waals surface area (Å²) in [5.74, 6) is 1.37. The van der Waals surface area contributed by atoms with E-state index in [9.17, 15) is 5.11 Å². The summed E-state index contributed by atoms with van der Waals surface area (Å²) in [6.45, 7) is 6.79. The molecule has 4 unspecified atom stereocenters. The molecule has 4 atom stereocenters. The first-order valence-electron chi connectivity index (χ1n) is 7.28. The third-order valence-corrected chi connectivity index (χ3v) is 4.84. The van der Waals surface area contributed by atoms with Crippen molar-refractivity contribution in [2.75, 3.05) is 14.1 Å². The monoisotopic (exact) mass is 241 g/mol. The summed E-state index contributed by atoms with van der Waals surface area (Å²) in [4.78, 5) is 2.29. The molecule has 102 valence electrons. The molecule has 0 aromatic carbocycles. The van der Waals surface area contributed by atoms with Gasteiger partial charge in [0.2, 0.25) is 0 Å². The molecule has 0 aromatic heterocycles. The number of aliphatic hydroxyl groups is 1. The van der Waals surface area contributed by atoms with Crippen molar-refractivity contribution in [3.05, 3.63) is 0 Å². The van der Waals surface area contributed by atoms with Crippen LogP contribution in [0.3, 0.4) is 0 Å². The van der Waals surface area contributed by atoms with Gasteiger partial charge in [0.25, 0.3) is 0 Å². The van der Waals surface area contributed by atoms with Crippen molar-refractivity contribution in [2.45, 2.75) is 70.9 Å². The lowest BCUT2D eigenvalue weighted by Gasteiger charge is -2.48. The summed E-state index contributed by atoms with van der Waals surface area (Å²) in [6, 6.07) is 0. The van der Waals surface area contributed by atoms with E-state index in [2.05, 4.69) is 39.8 Å². The van der Waals surface area contributed by atoms with E-state index < -0.39 is 0 Å². The number of hydrogen-bond donors (Lipinski definition) is 1. The Morgan fingerprint density at radius 3 is 2.53 bits per heavy atom. The number of hydrogen-bond acceptors (Lipinski definition) is 2. The molecule has 1 rings (SSSR count). The van der Waals surface area contributed by atoms with Gasteiger partial charge in [-0.05, 0) is 45.2 Å². The van der Waals surface area contributed by atoms with Crippen molar-refractivity contribution < 1.29 is 5.11 Å². The zero-order valence-electron chi connectivity index (χ0n) is 12.4. The molecular weight excluding hydrogens is 210 g/mol. The van der Waals surface area contributed by atoms with Crippen molar-refractivity contribution >= 4 is 0 Å². The molecule has 1 aliphatic carbocycles. The molecule has 1 N–H and O–H groups in total. The number of aliphatic hydroxyl groups excluding tert-OH is 1. The normalized spacial score (nSPS) is 33.7. The van der Waals surface area contributed by atoms with Gasteiger partial charge in [-0.15, -0.1) is 0 Å². The Kier molecular flexibility index (Phi) is 5.46. The molecule has 2 nitrogen and oxygen atoms in total. The van der Waals surface area contributed by atoms with Gasteiger partial charge in [-0.25, -0.2) is 0 Å². The smallest absolute Gasteiger partial charge is 0.0726 e. The van der Waals surface area contributed by atoms with Gasteiger partial charge in [-0.2, -0.15) is 0 Å². The van der Waals surface area contributed by atoms with Gasteiger partial charge in [0.15, 0.2) is 0 Å². The van der Waals surface area contributed by atoms with E-state index in [1.165, 1.54) is 12.8 Å². The van der Waals surface area contributed by atoms with Crippen LogP contribution in [0.5, 0.6) is 0 Å². The second-order valence-electron chi connectivity index (χ2n) is 6.46. The zero-order chi connectivity index (χ0) is 13.1. The van der Waals surface area contributed by atoms with E-state index in [0.29, 0.717) is 5.92 Å². The molecular formula is C15H31NO. The van der Waals surface area contributed by atoms with Crippen LogP contribution in [0.2, 0.25) is 0 Å². The van der Waals surface area contributed by atoms with Crippen LogP contribution in [0, 0.1) is 11.8 Å². The minimum atomic E-state index is -0.171. The van der Waals surface area contributed by atoms with Crippen LogP contribution in [0.25, 0.3) is 0 Å². The third kappa shape index (κ3) is 3.45. The summed E-state index contributed by atoms with van der Waals surface area (Å²) in [5.41, 5.74) is 0.0289. The summed E-state index contributed by atoms with van der Waals surface area (Å²) in [7, 11) is 4.27. The van der Waals surface area contributed by atoms with Gasteiger partial charge in [-0.1, -0.05) is 40.0 Å². The molecule has 17 heavy (non-hydrogen) atoms. The van der Waals surface area contributed by atoms with Crippen molar-refractivity contribution in [3.63, 3.8) is 0 Å². The first-order chi connectivity index (χ1) is 7.92. The fourth-order valence-corrected chi connectivity index (χ4v) is 3.34. The fraction of sp³-hybridized carbons (Fsp3) is 1.00. The van der Waals surface area contributed by atoms with E-state index >= 15 is 0 Å². The number of rotatable bonds is 5. The van der Waals surface area contributed by atoms with Crippen LogP contribution in [0.4, 0.5) is 0 Å². The average Bonchev–Trinajstić information content (AvgIpc) is 2.28. The SMILES string of the molecule is CCC(C)CC(O)C1(N(C)C)CCCC(C)C1. The standard InChI is InChI=1S/C15H31NO/c1-6-12(2)10-14(17)15(16(4)5)9-7-8-13(3)11-15/h12-14,17H,6-11H2,1-5H3. The predicted octanol–water partition coefficient (Wildman–Crippen LogP) is 3.29. The second-order valence-corrected chi connectivity index (χ2v) is 6.46. The molecule has 0 aromatic rings. The van der Waals surface area contributed by atoms with Gasteiger partial charge >= 0.3 is 0 Å². The molecule has 1 saturated carbocycles. The second kappa shape index (κ2) is 6.19. The molecule has 2 heteroatoms. The fourth-order valence-electron chi connectivity index (χ4n) is 3.34. The molecule has 0 heterocycles. The van der Waals surface area contributed by atoms with Crippen LogP contribution in [-0.4, -0.2) is 35.7 Å². The highest BCUT2D eigenvalue weighted by molar-refractivity contribution is 4.98. The van der Waals surface area contributed by atoms with Crippen LogP contribution in [-0.2, 0) is 0 Å². The van der Waals surface area contributed by atoms with E-state index in [1.807, 2.05) is 0 Å². The maximum absolute atomic E-state index is 10.7. The van der Waals surface area contributed by atoms with Gasteiger partial charge in [-0.3, -0.25) is 0 Å². The van der Waals surface area contributed by atoms with E-state index in [1.54, 1.807) is 0 Å². The summed E-state index contributed by atoms with van der Waals surface area (Å²) in [6.07, 6.45) is 6.83. The largest absolute Gasteiger partial charge is 0.391 e. The molecule has 0 saturated heterocycles. The van der Waals surface area contributed by atoms with Crippen molar-refractivity contribution in [1.29, 1.82) is 0 Å². The highest BCUT2D eigenvalue weighted by Gasteiger charge is 2.43. The Balaban J connectivity index is 2.76. The highest BCUT2D eigenvalue weighted by atomic mass is 16.3. The maximum atomic E-state index is 10.7. The molecule has 0 radical (unpaired) electrons. The first-order valence-corrected chi connectivity index (χ1v) is 7.28. The average molecular weight is 241 g/mol. The Morgan fingerprint density at radius 2 is 2.06 bits per heavy atom. The summed E-state index contributed by atoms with van der Waals surface area (Å²) >= 11 is 0. The summed E-state index contributed by atoms with van der Waals surface area (Å²) < 4.78 is 0. The van der Waals surface area contributed by atoms with Crippen LogP contribution in [0.1, 0.15) is 59.3 Å². The maximum Gasteiger partial charge on any atom is 0.0726 e. The minimum absolute atomic E-state index is 0.0289. The lowest BCUT2D eigenvalue weighted by atomic mass is 9.70. The molecule has 0 spiro atoms. The molecule has 1 fully saturated rings. The van der Waals surface area contributed by atoms with Crippen molar-refractivity contribution in [3.8, 4) is 0 Å². The topological polar surface area (TPSA) is 23.5 Å². The quantitative estimate of drug-likeness (QED) is 0.798.